The number of aromatic nitrogens is 2. The largest absolute Gasteiger partial charge is 0.454 e. The van der Waals surface area contributed by atoms with E-state index in [0.29, 0.717) is 22.7 Å². The van der Waals surface area contributed by atoms with Gasteiger partial charge in [0.15, 0.2) is 0 Å². The van der Waals surface area contributed by atoms with Crippen LogP contribution in [0.25, 0.3) is 10.2 Å². The predicted molar refractivity (Wildman–Crippen MR) is 110 cm³/mol. The molecule has 5 nitrogen and oxygen atoms in total. The quantitative estimate of drug-likeness (QED) is 0.453. The van der Waals surface area contributed by atoms with Crippen LogP contribution in [0.5, 0.6) is 0 Å². The monoisotopic (exact) mass is 480 g/mol. The summed E-state index contributed by atoms with van der Waals surface area (Å²) in [5, 5.41) is 0.713. The van der Waals surface area contributed by atoms with E-state index in [4.69, 9.17) is 4.74 Å². The second kappa shape index (κ2) is 7.11. The first-order chi connectivity index (χ1) is 12.5. The molecule has 1 aliphatic rings. The molecule has 1 aliphatic carbocycles. The third-order valence-corrected chi connectivity index (χ3v) is 6.43. The summed E-state index contributed by atoms with van der Waals surface area (Å²) in [5.74, 6) is 0.599. The Morgan fingerprint density at radius 1 is 1.46 bits per heavy atom. The van der Waals surface area contributed by atoms with Gasteiger partial charge >= 0.3 is 5.97 Å². The molecule has 2 aromatic heterocycles. The molecule has 0 bridgehead atoms. The molecule has 0 amide bonds. The maximum atomic E-state index is 12.5. The van der Waals surface area contributed by atoms with Crippen molar-refractivity contribution in [3.05, 3.63) is 60.0 Å². The van der Waals surface area contributed by atoms with Gasteiger partial charge in [-0.25, -0.2) is 9.78 Å². The minimum atomic E-state index is -0.425. The minimum Gasteiger partial charge on any atom is -0.454 e. The number of rotatable bonds is 3. The molecular weight excluding hydrogens is 463 g/mol. The highest BCUT2D eigenvalue weighted by Gasteiger charge is 2.23. The van der Waals surface area contributed by atoms with Crippen molar-refractivity contribution in [3.8, 4) is 0 Å². The summed E-state index contributed by atoms with van der Waals surface area (Å²) in [7, 11) is 0. The van der Waals surface area contributed by atoms with E-state index in [0.717, 1.165) is 33.2 Å². The first-order valence-electron chi connectivity index (χ1n) is 8.47. The number of H-pyrrole nitrogens is 1. The lowest BCUT2D eigenvalue weighted by Gasteiger charge is -2.17. The number of aryl methyl sites for hydroxylation is 1. The normalized spacial score (nSPS) is 16.5. The smallest absolute Gasteiger partial charge is 0.338 e. The number of thiophene rings is 1. The van der Waals surface area contributed by atoms with Crippen LogP contribution >= 0.6 is 33.9 Å². The fourth-order valence-electron chi connectivity index (χ4n) is 3.29. The number of nitrogens with one attached hydrogen (secondary N) is 1. The van der Waals surface area contributed by atoms with E-state index in [1.807, 2.05) is 12.1 Å². The van der Waals surface area contributed by atoms with Gasteiger partial charge in [0, 0.05) is 8.45 Å². The van der Waals surface area contributed by atoms with E-state index in [9.17, 15) is 9.59 Å². The third kappa shape index (κ3) is 3.42. The molecule has 26 heavy (non-hydrogen) atoms. The van der Waals surface area contributed by atoms with Crippen molar-refractivity contribution in [2.45, 2.75) is 32.8 Å². The lowest BCUT2D eigenvalue weighted by molar-refractivity contribution is 0.0462. The Hall–Kier alpha value is -1.74. The fourth-order valence-corrected chi connectivity index (χ4v) is 5.24. The van der Waals surface area contributed by atoms with E-state index in [1.165, 1.54) is 4.88 Å². The van der Waals surface area contributed by atoms with Crippen molar-refractivity contribution in [3.63, 3.8) is 0 Å². The topological polar surface area (TPSA) is 72.0 Å². The van der Waals surface area contributed by atoms with Crippen molar-refractivity contribution < 1.29 is 9.53 Å². The van der Waals surface area contributed by atoms with Gasteiger partial charge in [-0.3, -0.25) is 4.79 Å². The molecule has 0 aliphatic heterocycles. The number of hydrogen-bond donors (Lipinski definition) is 1. The number of carbonyl (C=O) groups excluding carboxylic acids is 1. The van der Waals surface area contributed by atoms with Gasteiger partial charge in [-0.2, -0.15) is 0 Å². The highest BCUT2D eigenvalue weighted by atomic mass is 127. The van der Waals surface area contributed by atoms with Crippen LogP contribution in [0, 0.1) is 9.49 Å². The molecule has 0 spiro atoms. The summed E-state index contributed by atoms with van der Waals surface area (Å²) in [6.45, 7) is 2.19. The molecule has 0 fully saturated rings. The van der Waals surface area contributed by atoms with Crippen LogP contribution in [-0.4, -0.2) is 15.9 Å². The number of nitrogens with zero attached hydrogens (tertiary/aromatic N) is 1. The number of fused-ring (bicyclic) bond motifs is 3. The van der Waals surface area contributed by atoms with Crippen LogP contribution in [0.15, 0.2) is 29.1 Å². The van der Waals surface area contributed by atoms with E-state index >= 15 is 0 Å². The predicted octanol–water partition coefficient (Wildman–Crippen LogP) is 4.07. The Balaban J connectivity index is 1.58. The average Bonchev–Trinajstić information content (AvgIpc) is 2.97. The average molecular weight is 480 g/mol. The van der Waals surface area contributed by atoms with Gasteiger partial charge in [0.25, 0.3) is 5.56 Å². The lowest BCUT2D eigenvalue weighted by Crippen LogP contribution is -2.16. The number of carbonyl (C=O) groups is 1. The number of halogens is 1. The summed E-state index contributed by atoms with van der Waals surface area (Å²) in [5.41, 5.74) is 1.50. The van der Waals surface area contributed by atoms with E-state index in [1.54, 1.807) is 23.5 Å². The van der Waals surface area contributed by atoms with Crippen molar-refractivity contribution >= 4 is 50.1 Å². The number of ether oxygens (including phenoxy) is 1. The maximum Gasteiger partial charge on any atom is 0.338 e. The zero-order valence-electron chi connectivity index (χ0n) is 14.2. The number of aromatic amines is 1. The fraction of sp³-hybridized carbons (Fsp3) is 0.316. The van der Waals surface area contributed by atoms with Gasteiger partial charge < -0.3 is 9.72 Å². The third-order valence-electron chi connectivity index (χ3n) is 4.61. The van der Waals surface area contributed by atoms with Crippen LogP contribution in [-0.2, 0) is 24.2 Å². The van der Waals surface area contributed by atoms with Gasteiger partial charge in [-0.05, 0) is 71.5 Å². The molecule has 134 valence electrons. The van der Waals surface area contributed by atoms with Crippen LogP contribution in [0.1, 0.15) is 40.0 Å². The Morgan fingerprint density at radius 3 is 3.12 bits per heavy atom. The van der Waals surface area contributed by atoms with Crippen molar-refractivity contribution in [1.29, 1.82) is 0 Å². The summed E-state index contributed by atoms with van der Waals surface area (Å²) < 4.78 is 6.28. The summed E-state index contributed by atoms with van der Waals surface area (Å²) >= 11 is 3.74. The zero-order valence-corrected chi connectivity index (χ0v) is 17.1. The molecule has 0 saturated carbocycles. The Labute approximate surface area is 167 Å². The minimum absolute atomic E-state index is 0.0472. The summed E-state index contributed by atoms with van der Waals surface area (Å²) in [6.07, 6.45) is 3.04. The highest BCUT2D eigenvalue weighted by molar-refractivity contribution is 14.1. The van der Waals surface area contributed by atoms with Crippen LogP contribution in [0.3, 0.4) is 0 Å². The van der Waals surface area contributed by atoms with E-state index in [-0.39, 0.29) is 12.2 Å². The summed E-state index contributed by atoms with van der Waals surface area (Å²) in [6, 6.07) is 7.18. The SMILES string of the molecule is C[C@@H]1CCc2c(sc3nc(COC(=O)c4cccc(I)c4)[nH]c(=O)c23)C1. The molecule has 0 saturated heterocycles. The molecule has 0 unspecified atom stereocenters. The molecular formula is C19H17IN2O3S. The van der Waals surface area contributed by atoms with Crippen LogP contribution < -0.4 is 5.56 Å². The van der Waals surface area contributed by atoms with Crippen LogP contribution in [0.4, 0.5) is 0 Å². The molecule has 3 aromatic rings. The van der Waals surface area contributed by atoms with Gasteiger partial charge in [0.05, 0.1) is 10.9 Å². The summed E-state index contributed by atoms with van der Waals surface area (Å²) in [4.78, 5) is 34.0. The van der Waals surface area contributed by atoms with Crippen molar-refractivity contribution in [2.24, 2.45) is 5.92 Å². The second-order valence-corrected chi connectivity index (χ2v) is 8.96. The first-order valence-corrected chi connectivity index (χ1v) is 10.4. The Kier molecular flexibility index (Phi) is 4.83. The molecule has 1 aromatic carbocycles. The second-order valence-electron chi connectivity index (χ2n) is 6.63. The maximum absolute atomic E-state index is 12.5. The number of esters is 1. The van der Waals surface area contributed by atoms with Crippen molar-refractivity contribution in [2.75, 3.05) is 0 Å². The molecule has 7 heteroatoms. The number of hydrogen-bond acceptors (Lipinski definition) is 5. The van der Waals surface area contributed by atoms with E-state index in [2.05, 4.69) is 39.5 Å². The zero-order chi connectivity index (χ0) is 18.3. The molecule has 4 rings (SSSR count). The Bertz CT molecular complexity index is 1060. The van der Waals surface area contributed by atoms with Gasteiger partial charge in [-0.15, -0.1) is 11.3 Å². The molecule has 1 N–H and O–H groups in total. The van der Waals surface area contributed by atoms with Crippen molar-refractivity contribution in [1.82, 2.24) is 9.97 Å². The van der Waals surface area contributed by atoms with Crippen LogP contribution in [0.2, 0.25) is 0 Å². The van der Waals surface area contributed by atoms with E-state index < -0.39 is 5.97 Å². The molecule has 2 heterocycles. The Morgan fingerprint density at radius 2 is 2.31 bits per heavy atom. The number of benzene rings is 1. The van der Waals surface area contributed by atoms with Gasteiger partial charge in [0.2, 0.25) is 0 Å². The van der Waals surface area contributed by atoms with Gasteiger partial charge in [-0.1, -0.05) is 13.0 Å². The highest BCUT2D eigenvalue weighted by Crippen LogP contribution is 2.35. The first kappa shape index (κ1) is 17.7. The van der Waals surface area contributed by atoms with Gasteiger partial charge in [0.1, 0.15) is 17.3 Å². The standard InChI is InChI=1S/C19H17IN2O3S/c1-10-5-6-13-14(7-10)26-18-16(13)17(23)21-15(22-18)9-25-19(24)11-3-2-4-12(20)8-11/h2-4,8,10H,5-7,9H2,1H3,(H,21,22,23)/t10-/m1/s1. The lowest BCUT2D eigenvalue weighted by atomic mass is 9.89. The molecule has 1 atom stereocenters. The molecule has 0 radical (unpaired) electrons.